The van der Waals surface area contributed by atoms with Crippen molar-refractivity contribution in [1.82, 2.24) is 21.5 Å². The standard InChI is InChI=1S/C36H36BClN6O5/c1-21-42-43-35-31(41-34(22-8-10-27(38)11-9-22)29-18-28(48-2)12-13-32(29)44(21)35)19-33(45)39-14-15-40-36(46)25-5-3-4-23(16-25)24-6-7-26-20-49-37(47)30(26)17-24/h3-13,16-18,21,31,35,42-43,47H,14-15,19-20H2,1-2H3,(H,39,45)(H,40,46). The molecule has 1 fully saturated rings. The number of hydrazine groups is 1. The largest absolute Gasteiger partial charge is 0.497 e. The highest BCUT2D eigenvalue weighted by Gasteiger charge is 2.41. The van der Waals surface area contributed by atoms with E-state index in [-0.39, 0.29) is 43.7 Å². The van der Waals surface area contributed by atoms with Crippen molar-refractivity contribution in [2.75, 3.05) is 25.1 Å². The lowest BCUT2D eigenvalue weighted by atomic mass is 9.78. The smallest absolute Gasteiger partial charge is 0.491 e. The van der Waals surface area contributed by atoms with Crippen LogP contribution in [0.15, 0.2) is 89.9 Å². The molecular weight excluding hydrogens is 643 g/mol. The molecule has 7 rings (SSSR count). The van der Waals surface area contributed by atoms with Gasteiger partial charge in [-0.15, -0.1) is 0 Å². The molecule has 1 saturated heterocycles. The van der Waals surface area contributed by atoms with Gasteiger partial charge < -0.3 is 29.9 Å². The number of amides is 2. The number of hydrogen-bond acceptors (Lipinski definition) is 9. The molecule has 0 radical (unpaired) electrons. The van der Waals surface area contributed by atoms with Crippen LogP contribution >= 0.6 is 11.6 Å². The van der Waals surface area contributed by atoms with Gasteiger partial charge in [0.25, 0.3) is 5.91 Å². The number of benzene rings is 4. The number of hydrogen-bond donors (Lipinski definition) is 5. The van der Waals surface area contributed by atoms with Gasteiger partial charge in [-0.05, 0) is 71.5 Å². The molecular formula is C36H36BClN6O5. The minimum absolute atomic E-state index is 0.0699. The Kier molecular flexibility index (Phi) is 9.39. The van der Waals surface area contributed by atoms with E-state index in [0.717, 1.165) is 44.7 Å². The number of anilines is 1. The van der Waals surface area contributed by atoms with Gasteiger partial charge in [-0.1, -0.05) is 54.1 Å². The normalized spacial score (nSPS) is 19.3. The third kappa shape index (κ3) is 6.78. The molecule has 49 heavy (non-hydrogen) atoms. The van der Waals surface area contributed by atoms with Crippen LogP contribution in [0.3, 0.4) is 0 Å². The number of nitrogens with one attached hydrogen (secondary N) is 4. The fraction of sp³-hybridized carbons (Fsp3) is 0.250. The van der Waals surface area contributed by atoms with E-state index in [1.165, 1.54) is 0 Å². The van der Waals surface area contributed by atoms with Crippen LogP contribution in [0, 0.1) is 0 Å². The van der Waals surface area contributed by atoms with Gasteiger partial charge in [0, 0.05) is 40.5 Å². The predicted octanol–water partition coefficient (Wildman–Crippen LogP) is 2.98. The van der Waals surface area contributed by atoms with Crippen molar-refractivity contribution in [1.29, 1.82) is 0 Å². The first-order chi connectivity index (χ1) is 23.8. The van der Waals surface area contributed by atoms with E-state index in [1.54, 1.807) is 13.2 Å². The van der Waals surface area contributed by atoms with Crippen LogP contribution < -0.4 is 36.6 Å². The van der Waals surface area contributed by atoms with E-state index < -0.39 is 13.2 Å². The molecule has 4 aromatic rings. The van der Waals surface area contributed by atoms with Gasteiger partial charge in [0.1, 0.15) is 11.9 Å². The maximum Gasteiger partial charge on any atom is 0.491 e. The first kappa shape index (κ1) is 32.8. The van der Waals surface area contributed by atoms with Gasteiger partial charge in [-0.3, -0.25) is 14.6 Å². The summed E-state index contributed by atoms with van der Waals surface area (Å²) in [5, 5.41) is 16.6. The Morgan fingerprint density at radius 1 is 1.00 bits per heavy atom. The first-order valence-electron chi connectivity index (χ1n) is 16.2. The third-order valence-corrected chi connectivity index (χ3v) is 9.32. The highest BCUT2D eigenvalue weighted by Crippen LogP contribution is 2.36. The fourth-order valence-corrected chi connectivity index (χ4v) is 6.69. The maximum atomic E-state index is 13.4. The van der Waals surface area contributed by atoms with E-state index >= 15 is 0 Å². The second-order valence-corrected chi connectivity index (χ2v) is 12.7. The molecule has 3 heterocycles. The van der Waals surface area contributed by atoms with Gasteiger partial charge in [0.15, 0.2) is 0 Å². The Bertz CT molecular complexity index is 1920. The Labute approximate surface area is 289 Å². The zero-order valence-electron chi connectivity index (χ0n) is 27.1. The summed E-state index contributed by atoms with van der Waals surface area (Å²) in [6.07, 6.45) is -0.257. The number of carbonyl (C=O) groups excluding carboxylic acids is 2. The minimum Gasteiger partial charge on any atom is -0.497 e. The number of aliphatic imine (C=N–C) groups is 1. The zero-order chi connectivity index (χ0) is 34.1. The van der Waals surface area contributed by atoms with E-state index in [2.05, 4.69) is 33.3 Å². The van der Waals surface area contributed by atoms with Gasteiger partial charge in [-0.25, -0.2) is 10.9 Å². The summed E-state index contributed by atoms with van der Waals surface area (Å²) in [5.41, 5.74) is 14.0. The van der Waals surface area contributed by atoms with E-state index in [1.807, 2.05) is 78.9 Å². The fourth-order valence-electron chi connectivity index (χ4n) is 6.56. The molecule has 2 amide bonds. The molecule has 250 valence electrons. The summed E-state index contributed by atoms with van der Waals surface area (Å²) >= 11 is 6.22. The van der Waals surface area contributed by atoms with E-state index in [9.17, 15) is 14.6 Å². The number of nitrogens with zero attached hydrogens (tertiary/aromatic N) is 2. The second kappa shape index (κ2) is 14.0. The molecule has 0 bridgehead atoms. The van der Waals surface area contributed by atoms with Crippen LogP contribution in [0.5, 0.6) is 5.75 Å². The molecule has 3 aliphatic rings. The lowest BCUT2D eigenvalue weighted by molar-refractivity contribution is -0.121. The molecule has 0 saturated carbocycles. The second-order valence-electron chi connectivity index (χ2n) is 12.2. The predicted molar refractivity (Wildman–Crippen MR) is 190 cm³/mol. The third-order valence-electron chi connectivity index (χ3n) is 9.07. The minimum atomic E-state index is -0.939. The van der Waals surface area contributed by atoms with Crippen molar-refractivity contribution in [3.63, 3.8) is 0 Å². The monoisotopic (exact) mass is 678 g/mol. The number of carbonyl (C=O) groups is 2. The highest BCUT2D eigenvalue weighted by atomic mass is 35.5. The number of ether oxygens (including phenoxy) is 1. The summed E-state index contributed by atoms with van der Waals surface area (Å²) in [4.78, 5) is 33.8. The first-order valence-corrected chi connectivity index (χ1v) is 16.6. The van der Waals surface area contributed by atoms with Crippen LogP contribution in [0.4, 0.5) is 5.69 Å². The average Bonchev–Trinajstić information content (AvgIpc) is 3.66. The van der Waals surface area contributed by atoms with Crippen LogP contribution in [0.2, 0.25) is 5.02 Å². The van der Waals surface area contributed by atoms with E-state index in [4.69, 9.17) is 26.0 Å². The van der Waals surface area contributed by atoms with Gasteiger partial charge in [-0.2, -0.15) is 0 Å². The summed E-state index contributed by atoms with van der Waals surface area (Å²) in [6, 6.07) is 26.0. The highest BCUT2D eigenvalue weighted by molar-refractivity contribution is 6.61. The number of methoxy groups -OCH3 is 1. The molecule has 3 aliphatic heterocycles. The Morgan fingerprint density at radius 2 is 1.78 bits per heavy atom. The van der Waals surface area contributed by atoms with Crippen molar-refractivity contribution in [3.05, 3.63) is 112 Å². The SMILES string of the molecule is COc1ccc2c(c1)C(c1ccc(Cl)cc1)=NC(CC(=O)NCCNC(=O)c1cccc(-c3ccc4c(c3)B(O)OC4)c1)C1NNC(C)N21. The lowest BCUT2D eigenvalue weighted by Crippen LogP contribution is -2.48. The van der Waals surface area contributed by atoms with Crippen molar-refractivity contribution in [2.45, 2.75) is 38.3 Å². The van der Waals surface area contributed by atoms with Crippen molar-refractivity contribution in [3.8, 4) is 16.9 Å². The quantitative estimate of drug-likeness (QED) is 0.135. The maximum absolute atomic E-state index is 13.4. The van der Waals surface area contributed by atoms with Crippen molar-refractivity contribution >= 4 is 47.4 Å². The average molecular weight is 679 g/mol. The topological polar surface area (TPSA) is 137 Å². The molecule has 5 N–H and O–H groups in total. The molecule has 13 heteroatoms. The van der Waals surface area contributed by atoms with Gasteiger partial charge in [0.05, 0.1) is 38.1 Å². The van der Waals surface area contributed by atoms with Crippen LogP contribution in [-0.4, -0.2) is 68.2 Å². The molecule has 0 aromatic heterocycles. The molecule has 11 nitrogen and oxygen atoms in total. The number of rotatable bonds is 9. The zero-order valence-corrected chi connectivity index (χ0v) is 27.8. The lowest BCUT2D eigenvalue weighted by Gasteiger charge is -2.31. The Balaban J connectivity index is 1.02. The van der Waals surface area contributed by atoms with Crippen LogP contribution in [-0.2, 0) is 16.1 Å². The molecule has 3 unspecified atom stereocenters. The van der Waals surface area contributed by atoms with E-state index in [0.29, 0.717) is 22.9 Å². The van der Waals surface area contributed by atoms with Gasteiger partial charge in [0.2, 0.25) is 5.91 Å². The van der Waals surface area contributed by atoms with Crippen LogP contribution in [0.1, 0.15) is 40.4 Å². The van der Waals surface area contributed by atoms with Crippen LogP contribution in [0.25, 0.3) is 11.1 Å². The molecule has 0 spiro atoms. The Morgan fingerprint density at radius 3 is 2.59 bits per heavy atom. The number of fused-ring (bicyclic) bond motifs is 4. The summed E-state index contributed by atoms with van der Waals surface area (Å²) < 4.78 is 10.9. The molecule has 3 atom stereocenters. The summed E-state index contributed by atoms with van der Waals surface area (Å²) in [7, 11) is 0.692. The molecule has 4 aromatic carbocycles. The van der Waals surface area contributed by atoms with Crippen molar-refractivity contribution in [2.24, 2.45) is 4.99 Å². The summed E-state index contributed by atoms with van der Waals surface area (Å²) in [5.74, 6) is 0.265. The molecule has 0 aliphatic carbocycles. The number of halogens is 1. The Hall–Kier alpha value is -4.72. The van der Waals surface area contributed by atoms with Crippen molar-refractivity contribution < 1.29 is 24.0 Å². The van der Waals surface area contributed by atoms with Gasteiger partial charge >= 0.3 is 7.12 Å². The summed E-state index contributed by atoms with van der Waals surface area (Å²) in [6.45, 7) is 2.93.